The summed E-state index contributed by atoms with van der Waals surface area (Å²) >= 11 is 11.8. The second kappa shape index (κ2) is 6.41. The maximum absolute atomic E-state index is 11.9. The molecule has 3 N–H and O–H groups in total. The molecule has 18 heavy (non-hydrogen) atoms. The molecule has 1 rings (SSSR count). The van der Waals surface area contributed by atoms with Gasteiger partial charge in [-0.05, 0) is 31.5 Å². The van der Waals surface area contributed by atoms with Crippen LogP contribution in [0.2, 0.25) is 10.0 Å². The molecule has 1 amide bonds. The van der Waals surface area contributed by atoms with Crippen LogP contribution in [0.3, 0.4) is 0 Å². The summed E-state index contributed by atoms with van der Waals surface area (Å²) in [4.78, 5) is 11.9. The molecule has 5 heteroatoms. The minimum Gasteiger partial charge on any atom is -0.349 e. The molecule has 3 nitrogen and oxygen atoms in total. The first-order valence-electron chi connectivity index (χ1n) is 5.83. The molecule has 0 radical (unpaired) electrons. The summed E-state index contributed by atoms with van der Waals surface area (Å²) in [6.07, 6.45) is 0. The fourth-order valence-electron chi connectivity index (χ4n) is 1.45. The van der Waals surface area contributed by atoms with Gasteiger partial charge >= 0.3 is 0 Å². The summed E-state index contributed by atoms with van der Waals surface area (Å²) in [6.45, 7) is 5.51. The summed E-state index contributed by atoms with van der Waals surface area (Å²) in [5.41, 5.74) is 6.61. The van der Waals surface area contributed by atoms with Crippen molar-refractivity contribution in [3.8, 4) is 0 Å². The quantitative estimate of drug-likeness (QED) is 0.894. The molecule has 0 saturated carbocycles. The molecule has 0 bridgehead atoms. The van der Waals surface area contributed by atoms with Crippen molar-refractivity contribution >= 4 is 29.1 Å². The van der Waals surface area contributed by atoms with Gasteiger partial charge in [-0.25, -0.2) is 0 Å². The van der Waals surface area contributed by atoms with Gasteiger partial charge in [0.25, 0.3) is 0 Å². The van der Waals surface area contributed by atoms with Crippen molar-refractivity contribution in [1.29, 1.82) is 0 Å². The molecule has 0 aliphatic rings. The number of hydrogen-bond acceptors (Lipinski definition) is 2. The standard InChI is InChI=1S/C13H18Cl2N2O/c1-7(8(2)16)13(18)17-9(3)10-4-5-11(14)12(15)6-10/h4-9H,16H2,1-3H3,(H,17,18). The van der Waals surface area contributed by atoms with E-state index in [4.69, 9.17) is 28.9 Å². The molecular weight excluding hydrogens is 271 g/mol. The number of amides is 1. The van der Waals surface area contributed by atoms with Crippen LogP contribution in [-0.2, 0) is 4.79 Å². The van der Waals surface area contributed by atoms with Gasteiger partial charge in [-0.2, -0.15) is 0 Å². The SMILES string of the molecule is CC(NC(=O)C(C)C(C)N)c1ccc(Cl)c(Cl)c1. The minimum atomic E-state index is -0.227. The number of nitrogens with one attached hydrogen (secondary N) is 1. The van der Waals surface area contributed by atoms with Gasteiger partial charge in [0.05, 0.1) is 16.1 Å². The largest absolute Gasteiger partial charge is 0.349 e. The lowest BCUT2D eigenvalue weighted by molar-refractivity contribution is -0.125. The van der Waals surface area contributed by atoms with Crippen LogP contribution in [0.1, 0.15) is 32.4 Å². The smallest absolute Gasteiger partial charge is 0.224 e. The van der Waals surface area contributed by atoms with Crippen LogP contribution in [-0.4, -0.2) is 11.9 Å². The molecule has 100 valence electrons. The average Bonchev–Trinajstić information content (AvgIpc) is 2.31. The Morgan fingerprint density at radius 1 is 1.22 bits per heavy atom. The lowest BCUT2D eigenvalue weighted by atomic mass is 10.0. The number of hydrogen-bond donors (Lipinski definition) is 2. The predicted octanol–water partition coefficient (Wildman–Crippen LogP) is 3.15. The van der Waals surface area contributed by atoms with E-state index in [2.05, 4.69) is 5.32 Å². The van der Waals surface area contributed by atoms with Gasteiger partial charge in [-0.3, -0.25) is 4.79 Å². The highest BCUT2D eigenvalue weighted by Gasteiger charge is 2.19. The van der Waals surface area contributed by atoms with Crippen molar-refractivity contribution in [1.82, 2.24) is 5.32 Å². The molecule has 0 saturated heterocycles. The summed E-state index contributed by atoms with van der Waals surface area (Å²) < 4.78 is 0. The number of rotatable bonds is 4. The topological polar surface area (TPSA) is 55.1 Å². The van der Waals surface area contributed by atoms with E-state index < -0.39 is 0 Å². The molecule has 0 heterocycles. The Hall–Kier alpha value is -0.770. The molecule has 3 atom stereocenters. The number of benzene rings is 1. The van der Waals surface area contributed by atoms with Crippen molar-refractivity contribution in [3.05, 3.63) is 33.8 Å². The Balaban J connectivity index is 2.73. The average molecular weight is 289 g/mol. The molecule has 0 aliphatic heterocycles. The second-order valence-electron chi connectivity index (χ2n) is 4.55. The van der Waals surface area contributed by atoms with Gasteiger partial charge in [-0.1, -0.05) is 36.2 Å². The van der Waals surface area contributed by atoms with Crippen LogP contribution in [0.4, 0.5) is 0 Å². The van der Waals surface area contributed by atoms with Crippen molar-refractivity contribution in [2.45, 2.75) is 32.9 Å². The Morgan fingerprint density at radius 3 is 2.33 bits per heavy atom. The van der Waals surface area contributed by atoms with E-state index >= 15 is 0 Å². The number of carbonyl (C=O) groups excluding carboxylic acids is 1. The van der Waals surface area contributed by atoms with Crippen molar-refractivity contribution < 1.29 is 4.79 Å². The Kier molecular flexibility index (Phi) is 5.45. The van der Waals surface area contributed by atoms with Gasteiger partial charge < -0.3 is 11.1 Å². The number of halogens is 2. The van der Waals surface area contributed by atoms with Crippen LogP contribution < -0.4 is 11.1 Å². The second-order valence-corrected chi connectivity index (χ2v) is 5.37. The number of nitrogens with two attached hydrogens (primary N) is 1. The zero-order valence-electron chi connectivity index (χ0n) is 10.7. The van der Waals surface area contributed by atoms with Gasteiger partial charge in [0.2, 0.25) is 5.91 Å². The van der Waals surface area contributed by atoms with Gasteiger partial charge in [-0.15, -0.1) is 0 Å². The number of carbonyl (C=O) groups is 1. The fraction of sp³-hybridized carbons (Fsp3) is 0.462. The van der Waals surface area contributed by atoms with E-state index in [0.717, 1.165) is 5.56 Å². The Bertz CT molecular complexity index is 435. The van der Waals surface area contributed by atoms with Crippen LogP contribution in [0, 0.1) is 5.92 Å². The molecule has 3 unspecified atom stereocenters. The highest BCUT2D eigenvalue weighted by molar-refractivity contribution is 6.42. The molecular formula is C13H18Cl2N2O. The third-order valence-electron chi connectivity index (χ3n) is 3.00. The molecule has 0 aromatic heterocycles. The minimum absolute atomic E-state index is 0.0661. The zero-order valence-corrected chi connectivity index (χ0v) is 12.2. The van der Waals surface area contributed by atoms with E-state index in [1.165, 1.54) is 0 Å². The van der Waals surface area contributed by atoms with Crippen molar-refractivity contribution in [3.63, 3.8) is 0 Å². The maximum Gasteiger partial charge on any atom is 0.224 e. The van der Waals surface area contributed by atoms with E-state index in [0.29, 0.717) is 10.0 Å². The van der Waals surface area contributed by atoms with Gasteiger partial charge in [0, 0.05) is 12.0 Å². The van der Waals surface area contributed by atoms with Gasteiger partial charge in [0.1, 0.15) is 0 Å². The highest BCUT2D eigenvalue weighted by Crippen LogP contribution is 2.25. The Labute approximate surface area is 118 Å². The van der Waals surface area contributed by atoms with Crippen LogP contribution >= 0.6 is 23.2 Å². The monoisotopic (exact) mass is 288 g/mol. The summed E-state index contributed by atoms with van der Waals surface area (Å²) in [5.74, 6) is -0.293. The lowest BCUT2D eigenvalue weighted by Gasteiger charge is -2.20. The first kappa shape index (κ1) is 15.3. The molecule has 1 aromatic rings. The van der Waals surface area contributed by atoms with E-state index in [1.54, 1.807) is 12.1 Å². The third-order valence-corrected chi connectivity index (χ3v) is 3.74. The normalized spacial score (nSPS) is 15.9. The van der Waals surface area contributed by atoms with Crippen LogP contribution in [0.5, 0.6) is 0 Å². The third kappa shape index (κ3) is 3.87. The van der Waals surface area contributed by atoms with Gasteiger partial charge in [0.15, 0.2) is 0 Å². The maximum atomic E-state index is 11.9. The van der Waals surface area contributed by atoms with Crippen LogP contribution in [0.25, 0.3) is 0 Å². The lowest BCUT2D eigenvalue weighted by Crippen LogP contribution is -2.39. The Morgan fingerprint density at radius 2 is 1.83 bits per heavy atom. The molecule has 1 aromatic carbocycles. The first-order valence-corrected chi connectivity index (χ1v) is 6.59. The van der Waals surface area contributed by atoms with E-state index in [-0.39, 0.29) is 23.9 Å². The highest BCUT2D eigenvalue weighted by atomic mass is 35.5. The summed E-state index contributed by atoms with van der Waals surface area (Å²) in [7, 11) is 0. The molecule has 0 spiro atoms. The molecule has 0 fully saturated rings. The summed E-state index contributed by atoms with van der Waals surface area (Å²) in [5, 5.41) is 3.89. The van der Waals surface area contributed by atoms with E-state index in [9.17, 15) is 4.79 Å². The zero-order chi connectivity index (χ0) is 13.9. The van der Waals surface area contributed by atoms with Crippen molar-refractivity contribution in [2.75, 3.05) is 0 Å². The predicted molar refractivity (Wildman–Crippen MR) is 75.8 cm³/mol. The van der Waals surface area contributed by atoms with E-state index in [1.807, 2.05) is 26.8 Å². The van der Waals surface area contributed by atoms with Crippen LogP contribution in [0.15, 0.2) is 18.2 Å². The fourth-order valence-corrected chi connectivity index (χ4v) is 1.76. The molecule has 0 aliphatic carbocycles. The summed E-state index contributed by atoms with van der Waals surface area (Å²) in [6, 6.07) is 5.01. The van der Waals surface area contributed by atoms with Crippen molar-refractivity contribution in [2.24, 2.45) is 11.7 Å². The first-order chi connectivity index (χ1) is 8.32.